The van der Waals surface area contributed by atoms with Crippen LogP contribution in [-0.2, 0) is 4.79 Å². The number of aromatic hydroxyl groups is 3. The second kappa shape index (κ2) is 5.24. The number of aliphatic carboxylic acids is 1. The van der Waals surface area contributed by atoms with E-state index in [9.17, 15) is 20.1 Å². The van der Waals surface area contributed by atoms with E-state index < -0.39 is 11.7 Å². The van der Waals surface area contributed by atoms with Crippen molar-refractivity contribution in [2.45, 2.75) is 12.8 Å². The average molecular weight is 314 g/mol. The summed E-state index contributed by atoms with van der Waals surface area (Å²) in [6.45, 7) is 3.68. The molecule has 3 rings (SSSR count). The highest BCUT2D eigenvalue weighted by molar-refractivity contribution is 5.81. The Morgan fingerprint density at radius 1 is 1.04 bits per heavy atom. The van der Waals surface area contributed by atoms with E-state index in [1.54, 1.807) is 18.2 Å². The van der Waals surface area contributed by atoms with Crippen molar-refractivity contribution in [3.8, 4) is 28.7 Å². The maximum atomic E-state index is 10.9. The molecule has 118 valence electrons. The van der Waals surface area contributed by atoms with Crippen LogP contribution in [0.25, 0.3) is 12.2 Å². The lowest BCUT2D eigenvalue weighted by Crippen LogP contribution is -2.20. The predicted molar refractivity (Wildman–Crippen MR) is 82.1 cm³/mol. The van der Waals surface area contributed by atoms with Gasteiger partial charge in [-0.25, -0.2) is 0 Å². The second-order valence-corrected chi connectivity index (χ2v) is 5.23. The molecule has 1 heterocycles. The maximum Gasteiger partial charge on any atom is 0.303 e. The van der Waals surface area contributed by atoms with Crippen molar-refractivity contribution in [2.24, 2.45) is 0 Å². The number of fused-ring (bicyclic) bond motifs is 2. The molecular formula is C17H14O6. The number of carbonyl (C=O) groups is 1. The minimum Gasteiger partial charge on any atom is -0.504 e. The Balaban J connectivity index is 2.34. The minimum atomic E-state index is -0.965. The van der Waals surface area contributed by atoms with Crippen molar-refractivity contribution in [2.75, 3.05) is 0 Å². The Bertz CT molecular complexity index is 929. The zero-order valence-electron chi connectivity index (χ0n) is 12.0. The quantitative estimate of drug-likeness (QED) is 0.638. The number of carboxylic acid groups (broad SMARTS) is 1. The van der Waals surface area contributed by atoms with E-state index >= 15 is 0 Å². The number of phenolic OH excluding ortho intramolecular Hbond substituents is 3. The monoisotopic (exact) mass is 314 g/mol. The van der Waals surface area contributed by atoms with Gasteiger partial charge in [-0.3, -0.25) is 4.79 Å². The van der Waals surface area contributed by atoms with Crippen molar-refractivity contribution in [3.05, 3.63) is 40.3 Å². The summed E-state index contributed by atoms with van der Waals surface area (Å²) >= 11 is 0. The number of rotatable bonds is 3. The largest absolute Gasteiger partial charge is 0.504 e. The lowest BCUT2D eigenvalue weighted by Gasteiger charge is -2.22. The van der Waals surface area contributed by atoms with Crippen LogP contribution in [0.15, 0.2) is 24.3 Å². The summed E-state index contributed by atoms with van der Waals surface area (Å²) in [5.41, 5.74) is 1.08. The smallest absolute Gasteiger partial charge is 0.303 e. The van der Waals surface area contributed by atoms with Gasteiger partial charge in [0.25, 0.3) is 0 Å². The molecule has 0 spiro atoms. The fraction of sp³-hybridized carbons (Fsp3) is 0.118. The lowest BCUT2D eigenvalue weighted by molar-refractivity contribution is -0.136. The van der Waals surface area contributed by atoms with Crippen LogP contribution in [0.1, 0.15) is 18.4 Å². The maximum absolute atomic E-state index is 10.9. The molecule has 0 radical (unpaired) electrons. The summed E-state index contributed by atoms with van der Waals surface area (Å²) in [4.78, 5) is 10.9. The average Bonchev–Trinajstić information content (AvgIpc) is 2.51. The highest BCUT2D eigenvalue weighted by Crippen LogP contribution is 2.46. The molecule has 1 aliphatic heterocycles. The molecule has 6 heteroatoms. The molecule has 2 aromatic carbocycles. The molecule has 0 atom stereocenters. The van der Waals surface area contributed by atoms with Gasteiger partial charge in [0.1, 0.15) is 0 Å². The van der Waals surface area contributed by atoms with Crippen LogP contribution in [0.5, 0.6) is 28.7 Å². The molecule has 0 aliphatic carbocycles. The van der Waals surface area contributed by atoms with Crippen molar-refractivity contribution in [3.63, 3.8) is 0 Å². The van der Waals surface area contributed by atoms with Gasteiger partial charge in [-0.1, -0.05) is 18.7 Å². The summed E-state index contributed by atoms with van der Waals surface area (Å²) in [5, 5.41) is 39.6. The van der Waals surface area contributed by atoms with E-state index in [2.05, 4.69) is 6.58 Å². The first-order valence-electron chi connectivity index (χ1n) is 6.89. The van der Waals surface area contributed by atoms with Gasteiger partial charge in [0.2, 0.25) is 5.75 Å². The van der Waals surface area contributed by atoms with Gasteiger partial charge >= 0.3 is 5.97 Å². The zero-order chi connectivity index (χ0) is 16.7. The van der Waals surface area contributed by atoms with Crippen LogP contribution < -0.4 is 15.2 Å². The van der Waals surface area contributed by atoms with Crippen LogP contribution in [0.2, 0.25) is 0 Å². The Morgan fingerprint density at radius 2 is 1.78 bits per heavy atom. The number of phenols is 3. The van der Waals surface area contributed by atoms with Gasteiger partial charge in [-0.05, 0) is 24.1 Å². The standard InChI is InChI=1S/C17H14O6/c1-8-2-3-10-9(5-7-13(19)20)11-4-6-12(18)15(22)17(11)23-16(10)14(8)21/h2-4,6,18,21-22H,1,5,7H2,(H,19,20). The number of hydrogen-bond donors (Lipinski definition) is 4. The SMILES string of the molecule is C=c1ccc2c(c1O)Oc1c(ccc(O)c1O)C=2CCC(=O)O. The van der Waals surface area contributed by atoms with Crippen molar-refractivity contribution in [1.82, 2.24) is 0 Å². The molecule has 0 saturated heterocycles. The highest BCUT2D eigenvalue weighted by Gasteiger charge is 2.25. The van der Waals surface area contributed by atoms with E-state index in [1.807, 2.05) is 0 Å². The van der Waals surface area contributed by atoms with Crippen molar-refractivity contribution in [1.29, 1.82) is 0 Å². The summed E-state index contributed by atoms with van der Waals surface area (Å²) < 4.78 is 5.57. The number of carboxylic acids is 1. The molecule has 0 bridgehead atoms. The second-order valence-electron chi connectivity index (χ2n) is 5.23. The van der Waals surface area contributed by atoms with E-state index in [-0.39, 0.29) is 35.8 Å². The molecule has 0 fully saturated rings. The lowest BCUT2D eigenvalue weighted by atomic mass is 9.94. The first-order chi connectivity index (χ1) is 10.9. The van der Waals surface area contributed by atoms with Gasteiger partial charge in [0.15, 0.2) is 23.0 Å². The molecule has 1 aliphatic rings. The van der Waals surface area contributed by atoms with Crippen LogP contribution >= 0.6 is 0 Å². The summed E-state index contributed by atoms with van der Waals surface area (Å²) in [6.07, 6.45) is 0.0571. The topological polar surface area (TPSA) is 107 Å². The molecule has 6 nitrogen and oxygen atoms in total. The fourth-order valence-corrected chi connectivity index (χ4v) is 2.60. The Morgan fingerprint density at radius 3 is 2.48 bits per heavy atom. The molecule has 0 amide bonds. The molecule has 0 saturated carbocycles. The van der Waals surface area contributed by atoms with E-state index in [1.165, 1.54) is 6.07 Å². The minimum absolute atomic E-state index is 0.0150. The third kappa shape index (κ3) is 2.34. The molecule has 23 heavy (non-hydrogen) atoms. The van der Waals surface area contributed by atoms with Crippen LogP contribution in [0.4, 0.5) is 0 Å². The highest BCUT2D eigenvalue weighted by atomic mass is 16.5. The Hall–Kier alpha value is -3.15. The summed E-state index contributed by atoms with van der Waals surface area (Å²) in [6, 6.07) is 6.13. The van der Waals surface area contributed by atoms with Gasteiger partial charge in [0.05, 0.1) is 0 Å². The number of benzene rings is 2. The third-order valence-corrected chi connectivity index (χ3v) is 3.77. The van der Waals surface area contributed by atoms with Crippen molar-refractivity contribution >= 4 is 18.1 Å². The predicted octanol–water partition coefficient (Wildman–Crippen LogP) is 1.38. The number of hydrogen-bond acceptors (Lipinski definition) is 5. The molecule has 2 aromatic rings. The zero-order valence-corrected chi connectivity index (χ0v) is 12.0. The van der Waals surface area contributed by atoms with Gasteiger partial charge in [0, 0.05) is 22.4 Å². The Labute approximate surface area is 130 Å². The van der Waals surface area contributed by atoms with E-state index in [0.717, 1.165) is 0 Å². The molecule has 0 aromatic heterocycles. The van der Waals surface area contributed by atoms with Crippen LogP contribution in [0.3, 0.4) is 0 Å². The number of ether oxygens (including phenoxy) is 1. The normalized spacial score (nSPS) is 12.3. The first-order valence-corrected chi connectivity index (χ1v) is 6.89. The van der Waals surface area contributed by atoms with Gasteiger partial charge in [-0.2, -0.15) is 0 Å². The summed E-state index contributed by atoms with van der Waals surface area (Å²) in [5.74, 6) is -1.91. The van der Waals surface area contributed by atoms with E-state index in [4.69, 9.17) is 9.84 Å². The molecule has 0 unspecified atom stereocenters. The van der Waals surface area contributed by atoms with E-state index in [0.29, 0.717) is 21.6 Å². The molecule has 4 N–H and O–H groups in total. The van der Waals surface area contributed by atoms with Crippen molar-refractivity contribution < 1.29 is 30.0 Å². The Kier molecular flexibility index (Phi) is 3.37. The van der Waals surface area contributed by atoms with Gasteiger partial charge < -0.3 is 25.2 Å². The van der Waals surface area contributed by atoms with Gasteiger partial charge in [-0.15, -0.1) is 0 Å². The molecular weight excluding hydrogens is 300 g/mol. The van der Waals surface area contributed by atoms with Crippen LogP contribution in [0, 0.1) is 0 Å². The fourth-order valence-electron chi connectivity index (χ4n) is 2.60. The third-order valence-electron chi connectivity index (χ3n) is 3.77. The first kappa shape index (κ1) is 14.8. The van der Waals surface area contributed by atoms with Crippen LogP contribution in [-0.4, -0.2) is 26.4 Å². The summed E-state index contributed by atoms with van der Waals surface area (Å²) in [7, 11) is 0.